The average Bonchev–Trinajstić information content (AvgIpc) is 2.90. The van der Waals surface area contributed by atoms with E-state index in [1.54, 1.807) is 19.2 Å². The SMILES string of the molecule is COC1CCN(c2nc3c(C(N)=O)[c]ccc3o2)CC1. The molecule has 1 amide bonds. The second-order valence-electron chi connectivity index (χ2n) is 4.85. The van der Waals surface area contributed by atoms with Crippen molar-refractivity contribution in [2.24, 2.45) is 5.73 Å². The fourth-order valence-corrected chi connectivity index (χ4v) is 2.49. The fraction of sp³-hybridized carbons (Fsp3) is 0.429. The number of benzene rings is 1. The molecular formula is C14H16N3O3. The van der Waals surface area contributed by atoms with E-state index in [9.17, 15) is 4.79 Å². The number of fused-ring (bicyclic) bond motifs is 1. The van der Waals surface area contributed by atoms with Crippen molar-refractivity contribution in [3.8, 4) is 0 Å². The zero-order chi connectivity index (χ0) is 14.1. The maximum atomic E-state index is 11.4. The second kappa shape index (κ2) is 5.13. The third kappa shape index (κ3) is 2.22. The highest BCUT2D eigenvalue weighted by Gasteiger charge is 2.23. The van der Waals surface area contributed by atoms with Gasteiger partial charge in [0.05, 0.1) is 11.7 Å². The van der Waals surface area contributed by atoms with E-state index in [1.165, 1.54) is 0 Å². The van der Waals surface area contributed by atoms with Crippen LogP contribution in [0.25, 0.3) is 11.1 Å². The minimum atomic E-state index is -0.548. The van der Waals surface area contributed by atoms with E-state index in [2.05, 4.69) is 16.0 Å². The molecule has 20 heavy (non-hydrogen) atoms. The minimum Gasteiger partial charge on any atom is -0.423 e. The number of carbonyl (C=O) groups excluding carboxylic acids is 1. The molecule has 1 aliphatic heterocycles. The van der Waals surface area contributed by atoms with Crippen LogP contribution in [0, 0.1) is 6.07 Å². The first-order chi connectivity index (χ1) is 9.69. The number of aromatic nitrogens is 1. The highest BCUT2D eigenvalue weighted by atomic mass is 16.5. The van der Waals surface area contributed by atoms with Crippen LogP contribution in [-0.2, 0) is 4.74 Å². The molecule has 1 aromatic carbocycles. The first kappa shape index (κ1) is 12.9. The van der Waals surface area contributed by atoms with Gasteiger partial charge in [0.1, 0.15) is 5.52 Å². The van der Waals surface area contributed by atoms with Crippen molar-refractivity contribution in [1.29, 1.82) is 0 Å². The molecule has 0 aliphatic carbocycles. The molecule has 1 radical (unpaired) electrons. The molecular weight excluding hydrogens is 258 g/mol. The van der Waals surface area contributed by atoms with Gasteiger partial charge in [-0.15, -0.1) is 0 Å². The first-order valence-electron chi connectivity index (χ1n) is 6.58. The topological polar surface area (TPSA) is 81.6 Å². The van der Waals surface area contributed by atoms with Gasteiger partial charge < -0.3 is 19.8 Å². The second-order valence-corrected chi connectivity index (χ2v) is 4.85. The van der Waals surface area contributed by atoms with Crippen molar-refractivity contribution in [3.05, 3.63) is 23.8 Å². The molecule has 6 heteroatoms. The molecule has 3 rings (SSSR count). The van der Waals surface area contributed by atoms with Crippen LogP contribution < -0.4 is 10.6 Å². The van der Waals surface area contributed by atoms with Gasteiger partial charge in [0.15, 0.2) is 5.58 Å². The number of piperidine rings is 1. The fourth-order valence-electron chi connectivity index (χ4n) is 2.49. The van der Waals surface area contributed by atoms with E-state index in [1.807, 2.05) is 0 Å². The average molecular weight is 274 g/mol. The summed E-state index contributed by atoms with van der Waals surface area (Å²) in [6.45, 7) is 1.64. The summed E-state index contributed by atoms with van der Waals surface area (Å²) in [5.74, 6) is -0.548. The van der Waals surface area contributed by atoms with Crippen LogP contribution in [0.2, 0.25) is 0 Å². The molecule has 0 saturated carbocycles. The van der Waals surface area contributed by atoms with Gasteiger partial charge in [0, 0.05) is 20.2 Å². The number of carbonyl (C=O) groups is 1. The van der Waals surface area contributed by atoms with Crippen molar-refractivity contribution in [2.45, 2.75) is 18.9 Å². The zero-order valence-electron chi connectivity index (χ0n) is 11.3. The van der Waals surface area contributed by atoms with E-state index in [-0.39, 0.29) is 5.56 Å². The number of methoxy groups -OCH3 is 1. The Labute approximate surface area is 116 Å². The number of nitrogens with zero attached hydrogens (tertiary/aromatic N) is 2. The summed E-state index contributed by atoms with van der Waals surface area (Å²) < 4.78 is 11.1. The molecule has 0 spiro atoms. The van der Waals surface area contributed by atoms with Crippen molar-refractivity contribution < 1.29 is 13.9 Å². The molecule has 0 atom stereocenters. The quantitative estimate of drug-likeness (QED) is 0.913. The van der Waals surface area contributed by atoms with Gasteiger partial charge in [-0.05, 0) is 31.0 Å². The summed E-state index contributed by atoms with van der Waals surface area (Å²) in [5.41, 5.74) is 6.62. The number of anilines is 1. The Morgan fingerprint density at radius 3 is 2.95 bits per heavy atom. The van der Waals surface area contributed by atoms with Crippen LogP contribution in [0.15, 0.2) is 16.5 Å². The Balaban J connectivity index is 1.90. The lowest BCUT2D eigenvalue weighted by Gasteiger charge is -2.29. The van der Waals surface area contributed by atoms with Crippen LogP contribution in [0.1, 0.15) is 23.2 Å². The lowest BCUT2D eigenvalue weighted by Crippen LogP contribution is -2.36. The van der Waals surface area contributed by atoms with E-state index < -0.39 is 5.91 Å². The third-order valence-electron chi connectivity index (χ3n) is 3.63. The highest BCUT2D eigenvalue weighted by molar-refractivity contribution is 6.03. The number of nitrogens with two attached hydrogens (primary N) is 1. The standard InChI is InChI=1S/C14H16N3O3/c1-19-9-5-7-17(8-6-9)14-16-12-10(13(15)18)3-2-4-11(12)20-14/h2,4,9H,5-8H2,1H3,(H2,15,18). The van der Waals surface area contributed by atoms with Crippen LogP contribution in [0.4, 0.5) is 6.01 Å². The normalized spacial score (nSPS) is 16.8. The number of hydrogen-bond donors (Lipinski definition) is 1. The summed E-state index contributed by atoms with van der Waals surface area (Å²) >= 11 is 0. The van der Waals surface area contributed by atoms with Gasteiger partial charge in [-0.1, -0.05) is 0 Å². The van der Waals surface area contributed by atoms with Crippen LogP contribution >= 0.6 is 0 Å². The molecule has 6 nitrogen and oxygen atoms in total. The highest BCUT2D eigenvalue weighted by Crippen LogP contribution is 2.26. The van der Waals surface area contributed by atoms with Crippen LogP contribution in [-0.4, -0.2) is 37.2 Å². The molecule has 1 fully saturated rings. The van der Waals surface area contributed by atoms with E-state index >= 15 is 0 Å². The van der Waals surface area contributed by atoms with Crippen molar-refractivity contribution in [1.82, 2.24) is 4.98 Å². The molecule has 2 N–H and O–H groups in total. The van der Waals surface area contributed by atoms with Crippen LogP contribution in [0.5, 0.6) is 0 Å². The molecule has 0 bridgehead atoms. The van der Waals surface area contributed by atoms with E-state index in [0.29, 0.717) is 23.2 Å². The smallest absolute Gasteiger partial charge is 0.298 e. The number of primary amides is 1. The monoisotopic (exact) mass is 274 g/mol. The number of oxazole rings is 1. The lowest BCUT2D eigenvalue weighted by atomic mass is 10.1. The van der Waals surface area contributed by atoms with Crippen LogP contribution in [0.3, 0.4) is 0 Å². The Bertz CT molecular complexity index is 630. The molecule has 105 valence electrons. The third-order valence-corrected chi connectivity index (χ3v) is 3.63. The largest absolute Gasteiger partial charge is 0.423 e. The number of hydrogen-bond acceptors (Lipinski definition) is 5. The maximum absolute atomic E-state index is 11.4. The summed E-state index contributed by atoms with van der Waals surface area (Å²) in [5, 5.41) is 0. The molecule has 2 heterocycles. The lowest BCUT2D eigenvalue weighted by molar-refractivity contribution is 0.0811. The van der Waals surface area contributed by atoms with Gasteiger partial charge in [-0.25, -0.2) is 0 Å². The summed E-state index contributed by atoms with van der Waals surface area (Å²) in [7, 11) is 1.73. The Morgan fingerprint density at radius 1 is 1.55 bits per heavy atom. The number of ether oxygens (including phenoxy) is 1. The molecule has 1 aromatic heterocycles. The zero-order valence-corrected chi connectivity index (χ0v) is 11.3. The van der Waals surface area contributed by atoms with Gasteiger partial charge in [0.2, 0.25) is 0 Å². The molecule has 2 aromatic rings. The first-order valence-corrected chi connectivity index (χ1v) is 6.58. The maximum Gasteiger partial charge on any atom is 0.298 e. The Morgan fingerprint density at radius 2 is 2.30 bits per heavy atom. The van der Waals surface area contributed by atoms with E-state index in [0.717, 1.165) is 25.9 Å². The minimum absolute atomic E-state index is 0.268. The van der Waals surface area contributed by atoms with Gasteiger partial charge in [0.25, 0.3) is 11.9 Å². The Hall–Kier alpha value is -2.08. The van der Waals surface area contributed by atoms with Gasteiger partial charge in [-0.3, -0.25) is 4.79 Å². The van der Waals surface area contributed by atoms with Gasteiger partial charge in [-0.2, -0.15) is 4.98 Å². The predicted molar refractivity (Wildman–Crippen MR) is 73.6 cm³/mol. The summed E-state index contributed by atoms with van der Waals surface area (Å²) in [6, 6.07) is 6.69. The van der Waals surface area contributed by atoms with Crippen molar-refractivity contribution in [2.75, 3.05) is 25.1 Å². The number of rotatable bonds is 3. The molecule has 0 unspecified atom stereocenters. The van der Waals surface area contributed by atoms with Crippen molar-refractivity contribution in [3.63, 3.8) is 0 Å². The van der Waals surface area contributed by atoms with Gasteiger partial charge >= 0.3 is 0 Å². The molecule has 1 saturated heterocycles. The summed E-state index contributed by atoms with van der Waals surface area (Å²) in [4.78, 5) is 17.8. The molecule has 1 aliphatic rings. The van der Waals surface area contributed by atoms with E-state index in [4.69, 9.17) is 14.9 Å². The van der Waals surface area contributed by atoms with Crippen molar-refractivity contribution >= 4 is 23.0 Å². The predicted octanol–water partition coefficient (Wildman–Crippen LogP) is 1.34. The Kier molecular flexibility index (Phi) is 3.31. The summed E-state index contributed by atoms with van der Waals surface area (Å²) in [6.07, 6.45) is 2.17. The number of amides is 1.